The average molecular weight is 238 g/mol. The van der Waals surface area contributed by atoms with E-state index in [2.05, 4.69) is 20.8 Å². The van der Waals surface area contributed by atoms with Crippen molar-refractivity contribution in [3.63, 3.8) is 0 Å². The highest BCUT2D eigenvalue weighted by Gasteiger charge is 2.34. The topological polar surface area (TPSA) is 78.7 Å². The number of hydrogen-bond acceptors (Lipinski definition) is 2. The Hall–Kier alpha value is -1.24. The Kier molecular flexibility index (Phi) is 12.0. The van der Waals surface area contributed by atoms with Gasteiger partial charge in [0, 0.05) is 0 Å². The minimum atomic E-state index is 0.500. The van der Waals surface area contributed by atoms with Gasteiger partial charge in [-0.05, 0) is 29.9 Å². The third-order valence-corrected chi connectivity index (χ3v) is 4.02. The molecule has 1 rings (SSSR count). The second-order valence-electron chi connectivity index (χ2n) is 4.40. The summed E-state index contributed by atoms with van der Waals surface area (Å²) in [4.78, 5) is 16.5. The number of hydrogen-bond donors (Lipinski definition) is 0. The standard InChI is InChI=1S/C11H22.2CNO/c1-4-11(5-2)9-7-6-8-10(11)3;2*2-1-3/h10H,4-9H2,1-3H3;;/q;2*-1. The van der Waals surface area contributed by atoms with E-state index >= 15 is 0 Å². The summed E-state index contributed by atoms with van der Waals surface area (Å²) >= 11 is 0. The molecule has 0 bridgehead atoms. The molecule has 0 aromatic rings. The highest BCUT2D eigenvalue weighted by Crippen LogP contribution is 2.45. The lowest BCUT2D eigenvalue weighted by Gasteiger charge is -2.41. The fourth-order valence-corrected chi connectivity index (χ4v) is 2.78. The molecule has 0 spiro atoms. The van der Waals surface area contributed by atoms with Gasteiger partial charge < -0.3 is 10.8 Å². The van der Waals surface area contributed by atoms with Gasteiger partial charge in [-0.3, -0.25) is 9.59 Å². The molecule has 1 aliphatic rings. The highest BCUT2D eigenvalue weighted by atomic mass is 16.1. The first-order valence-corrected chi connectivity index (χ1v) is 6.10. The van der Waals surface area contributed by atoms with E-state index in [-0.39, 0.29) is 0 Å². The van der Waals surface area contributed by atoms with Gasteiger partial charge in [0.1, 0.15) is 0 Å². The van der Waals surface area contributed by atoms with Crippen molar-refractivity contribution < 1.29 is 9.59 Å². The Morgan fingerprint density at radius 3 is 1.76 bits per heavy atom. The van der Waals surface area contributed by atoms with Crippen LogP contribution in [0.25, 0.3) is 10.8 Å². The smallest absolute Gasteiger partial charge is 0.0159 e. The van der Waals surface area contributed by atoms with E-state index in [1.54, 1.807) is 0 Å². The maximum absolute atomic E-state index is 8.24. The quantitative estimate of drug-likeness (QED) is 0.542. The molecule has 0 aromatic heterocycles. The lowest BCUT2D eigenvalue weighted by atomic mass is 9.64. The van der Waals surface area contributed by atoms with Crippen LogP contribution in [0.2, 0.25) is 0 Å². The van der Waals surface area contributed by atoms with Gasteiger partial charge in [0.2, 0.25) is 0 Å². The monoisotopic (exact) mass is 238 g/mol. The van der Waals surface area contributed by atoms with Crippen molar-refractivity contribution >= 4 is 12.2 Å². The summed E-state index contributed by atoms with van der Waals surface area (Å²) < 4.78 is 0. The van der Waals surface area contributed by atoms with Crippen molar-refractivity contribution in [1.29, 1.82) is 0 Å². The van der Waals surface area contributed by atoms with E-state index in [4.69, 9.17) is 20.4 Å². The molecule has 1 unspecified atom stereocenters. The molecule has 1 atom stereocenters. The fraction of sp³-hybridized carbons (Fsp3) is 0.846. The van der Waals surface area contributed by atoms with Crippen molar-refractivity contribution in [3.05, 3.63) is 10.8 Å². The van der Waals surface area contributed by atoms with Crippen LogP contribution in [0, 0.1) is 11.3 Å². The first-order chi connectivity index (χ1) is 8.08. The third-order valence-electron chi connectivity index (χ3n) is 4.02. The maximum Gasteiger partial charge on any atom is -0.0159 e. The lowest BCUT2D eigenvalue weighted by molar-refractivity contribution is 0.0961. The van der Waals surface area contributed by atoms with Gasteiger partial charge in [-0.25, -0.2) is 0 Å². The molecule has 0 N–H and O–H groups in total. The van der Waals surface area contributed by atoms with Crippen LogP contribution in [0.15, 0.2) is 0 Å². The average Bonchev–Trinajstić information content (AvgIpc) is 2.32. The molecule has 1 aliphatic carbocycles. The van der Waals surface area contributed by atoms with Gasteiger partial charge in [-0.2, -0.15) is 0 Å². The normalized spacial score (nSPS) is 20.5. The van der Waals surface area contributed by atoms with Gasteiger partial charge >= 0.3 is 0 Å². The van der Waals surface area contributed by atoms with Crippen molar-refractivity contribution in [2.45, 2.75) is 59.3 Å². The first kappa shape index (κ1) is 18.1. The Labute approximate surface area is 104 Å². The molecular weight excluding hydrogens is 216 g/mol. The van der Waals surface area contributed by atoms with Crippen LogP contribution < -0.4 is 0 Å². The highest BCUT2D eigenvalue weighted by molar-refractivity contribution is 5.37. The third kappa shape index (κ3) is 6.83. The largest absolute Gasteiger partial charge is 0.724 e. The van der Waals surface area contributed by atoms with Gasteiger partial charge in [0.25, 0.3) is 0 Å². The van der Waals surface area contributed by atoms with Gasteiger partial charge in [0.05, 0.1) is 0 Å². The van der Waals surface area contributed by atoms with Gasteiger partial charge in [-0.1, -0.05) is 52.9 Å². The van der Waals surface area contributed by atoms with Crippen LogP contribution in [0.4, 0.5) is 0 Å². The van der Waals surface area contributed by atoms with Crippen molar-refractivity contribution in [1.82, 2.24) is 0 Å². The zero-order chi connectivity index (χ0) is 13.7. The molecule has 0 radical (unpaired) electrons. The molecule has 0 saturated heterocycles. The summed E-state index contributed by atoms with van der Waals surface area (Å²) in [6.45, 7) is 7.18. The lowest BCUT2D eigenvalue weighted by Crippen LogP contribution is -2.30. The number of rotatable bonds is 2. The molecule has 0 aliphatic heterocycles. The Morgan fingerprint density at radius 2 is 1.53 bits per heavy atom. The molecule has 1 fully saturated rings. The predicted molar refractivity (Wildman–Crippen MR) is 68.8 cm³/mol. The van der Waals surface area contributed by atoms with Crippen LogP contribution in [0.1, 0.15) is 59.3 Å². The summed E-state index contributed by atoms with van der Waals surface area (Å²) in [5.74, 6) is 0.978. The molecular formula is C13H22N2O2-2. The first-order valence-electron chi connectivity index (χ1n) is 6.10. The Balaban J connectivity index is 0. The van der Waals surface area contributed by atoms with E-state index < -0.39 is 0 Å². The summed E-state index contributed by atoms with van der Waals surface area (Å²) in [5.41, 5.74) is 0.720. The van der Waals surface area contributed by atoms with E-state index in [1.165, 1.54) is 38.5 Å². The molecule has 1 saturated carbocycles. The second-order valence-corrected chi connectivity index (χ2v) is 4.40. The molecule has 4 heteroatoms. The zero-order valence-electron chi connectivity index (χ0n) is 11.0. The molecule has 4 nitrogen and oxygen atoms in total. The summed E-state index contributed by atoms with van der Waals surface area (Å²) in [6.07, 6.45) is 9.70. The summed E-state index contributed by atoms with van der Waals surface area (Å²) in [7, 11) is 0. The minimum Gasteiger partial charge on any atom is -0.724 e. The molecule has 0 amide bonds. The number of nitrogens with zero attached hydrogens (tertiary/aromatic N) is 2. The Bertz CT molecular complexity index is 236. The fourth-order valence-electron chi connectivity index (χ4n) is 2.78. The zero-order valence-corrected chi connectivity index (χ0v) is 11.0. The SMILES string of the molecule is CCC1(CC)CCCCC1C.[N-]=C=O.[N-]=C=O. The van der Waals surface area contributed by atoms with E-state index in [0.29, 0.717) is 12.2 Å². The molecule has 98 valence electrons. The van der Waals surface area contributed by atoms with Gasteiger partial charge in [0.15, 0.2) is 0 Å². The predicted octanol–water partition coefficient (Wildman–Crippen LogP) is 3.79. The van der Waals surface area contributed by atoms with Crippen molar-refractivity contribution in [2.75, 3.05) is 0 Å². The number of carbonyl (C=O) groups excluding carboxylic acids is 2. The molecule has 0 aromatic carbocycles. The summed E-state index contributed by atoms with van der Waals surface area (Å²) in [5, 5.41) is 13.5. The van der Waals surface area contributed by atoms with Crippen LogP contribution in [-0.2, 0) is 9.59 Å². The second kappa shape index (κ2) is 11.3. The van der Waals surface area contributed by atoms with Crippen molar-refractivity contribution in [2.24, 2.45) is 11.3 Å². The van der Waals surface area contributed by atoms with Gasteiger partial charge in [-0.15, -0.1) is 0 Å². The van der Waals surface area contributed by atoms with E-state index in [1.807, 2.05) is 0 Å². The minimum absolute atomic E-state index is 0.500. The van der Waals surface area contributed by atoms with E-state index in [0.717, 1.165) is 11.3 Å². The number of isocyanates is 2. The molecule has 17 heavy (non-hydrogen) atoms. The van der Waals surface area contributed by atoms with Crippen molar-refractivity contribution in [3.8, 4) is 0 Å². The van der Waals surface area contributed by atoms with E-state index in [9.17, 15) is 0 Å². The molecule has 0 heterocycles. The van der Waals surface area contributed by atoms with Crippen LogP contribution in [0.3, 0.4) is 0 Å². The summed E-state index contributed by atoms with van der Waals surface area (Å²) in [6, 6.07) is 0. The van der Waals surface area contributed by atoms with Crippen LogP contribution in [-0.4, -0.2) is 12.2 Å². The van der Waals surface area contributed by atoms with Crippen LogP contribution >= 0.6 is 0 Å². The Morgan fingerprint density at radius 1 is 1.12 bits per heavy atom. The maximum atomic E-state index is 8.24. The van der Waals surface area contributed by atoms with Crippen LogP contribution in [0.5, 0.6) is 0 Å².